The number of rotatable bonds is 11. The van der Waals surface area contributed by atoms with Crippen molar-refractivity contribution in [3.8, 4) is 0 Å². The molecule has 0 aliphatic heterocycles. The second-order valence-corrected chi connectivity index (χ2v) is 8.71. The Labute approximate surface area is 168 Å². The van der Waals surface area contributed by atoms with Crippen molar-refractivity contribution >= 4 is 33.2 Å². The Hall–Kier alpha value is -2.27. The summed E-state index contributed by atoms with van der Waals surface area (Å²) in [6.07, 6.45) is 0.843. The van der Waals surface area contributed by atoms with E-state index in [-0.39, 0.29) is 17.7 Å². The van der Waals surface area contributed by atoms with Crippen molar-refractivity contribution in [2.24, 2.45) is 11.5 Å². The third kappa shape index (κ3) is 6.41. The maximum atomic E-state index is 12.7. The molecule has 1 aromatic carbocycles. The number of nitrogens with two attached hydrogens (primary N) is 2. The van der Waals surface area contributed by atoms with E-state index in [2.05, 4.69) is 10.0 Å². The van der Waals surface area contributed by atoms with Crippen LogP contribution in [-0.2, 0) is 26.0 Å². The number of carbonyl (C=O) groups excluding carboxylic acids is 2. The highest BCUT2D eigenvalue weighted by molar-refractivity contribution is 7.89. The Bertz CT molecular complexity index is 870. The molecule has 0 aliphatic rings. The number of carbonyl (C=O) groups is 2. The minimum absolute atomic E-state index is 0.0822. The molecule has 10 heteroatoms. The normalized spacial score (nSPS) is 13.6. The van der Waals surface area contributed by atoms with Crippen LogP contribution in [0.1, 0.15) is 18.4 Å². The van der Waals surface area contributed by atoms with E-state index in [1.165, 1.54) is 22.8 Å². The number of hydrogen-bond donors (Lipinski definition) is 4. The highest BCUT2D eigenvalue weighted by Crippen LogP contribution is 2.14. The Morgan fingerprint density at radius 3 is 2.39 bits per heavy atom. The van der Waals surface area contributed by atoms with E-state index < -0.39 is 33.9 Å². The summed E-state index contributed by atoms with van der Waals surface area (Å²) in [6, 6.07) is 8.52. The van der Waals surface area contributed by atoms with Gasteiger partial charge in [0.2, 0.25) is 21.8 Å². The average molecular weight is 425 g/mol. The van der Waals surface area contributed by atoms with Gasteiger partial charge < -0.3 is 16.8 Å². The molecule has 2 amide bonds. The van der Waals surface area contributed by atoms with Crippen LogP contribution >= 0.6 is 11.3 Å². The first kappa shape index (κ1) is 22.0. The molecule has 0 bridgehead atoms. The maximum Gasteiger partial charge on any atom is 0.242 e. The number of primary amides is 1. The molecule has 0 saturated heterocycles. The Morgan fingerprint density at radius 2 is 1.82 bits per heavy atom. The standard InChI is InChI=1S/C18H24N4O4S2/c19-9-4-7-15(22-28(25,26)14-8-10-27-12-14)18(24)21-16(17(20)23)11-13-5-2-1-3-6-13/h1-3,5-6,8,10,12,15-16,22H,4,7,9,11,19H2,(H2,20,23)(H,21,24)/t15-,16-/m0/s1. The number of thiophene rings is 1. The smallest absolute Gasteiger partial charge is 0.242 e. The number of nitrogens with one attached hydrogen (secondary N) is 2. The second-order valence-electron chi connectivity index (χ2n) is 6.22. The SMILES string of the molecule is NCCC[C@H](NS(=O)(=O)c1ccsc1)C(=O)N[C@@H](Cc1ccccc1)C(N)=O. The van der Waals surface area contributed by atoms with E-state index in [1.54, 1.807) is 5.38 Å². The molecule has 2 rings (SSSR count). The monoisotopic (exact) mass is 424 g/mol. The van der Waals surface area contributed by atoms with E-state index in [0.717, 1.165) is 5.56 Å². The van der Waals surface area contributed by atoms with Crippen LogP contribution in [0.5, 0.6) is 0 Å². The molecule has 0 fully saturated rings. The molecule has 2 aromatic rings. The van der Waals surface area contributed by atoms with Crippen LogP contribution in [0.2, 0.25) is 0 Å². The van der Waals surface area contributed by atoms with E-state index in [9.17, 15) is 18.0 Å². The third-order valence-corrected chi connectivity index (χ3v) is 6.36. The molecule has 0 radical (unpaired) electrons. The lowest BCUT2D eigenvalue weighted by atomic mass is 10.0. The van der Waals surface area contributed by atoms with Gasteiger partial charge in [0.1, 0.15) is 12.1 Å². The van der Waals surface area contributed by atoms with Crippen molar-refractivity contribution in [3.05, 3.63) is 52.7 Å². The highest BCUT2D eigenvalue weighted by atomic mass is 32.2. The van der Waals surface area contributed by atoms with Crippen molar-refractivity contribution in [2.75, 3.05) is 6.54 Å². The van der Waals surface area contributed by atoms with Gasteiger partial charge in [-0.25, -0.2) is 8.42 Å². The van der Waals surface area contributed by atoms with E-state index >= 15 is 0 Å². The minimum atomic E-state index is -3.86. The number of hydrogen-bond acceptors (Lipinski definition) is 6. The predicted octanol–water partition coefficient (Wildman–Crippen LogP) is 0.347. The summed E-state index contributed by atoms with van der Waals surface area (Å²) in [4.78, 5) is 24.6. The Balaban J connectivity index is 2.13. The van der Waals surface area contributed by atoms with Gasteiger partial charge in [-0.2, -0.15) is 16.1 Å². The van der Waals surface area contributed by atoms with Crippen LogP contribution in [0.4, 0.5) is 0 Å². The first-order chi connectivity index (χ1) is 13.3. The fraction of sp³-hybridized carbons (Fsp3) is 0.333. The van der Waals surface area contributed by atoms with Gasteiger partial charge in [0.15, 0.2) is 0 Å². The van der Waals surface area contributed by atoms with E-state index in [1.807, 2.05) is 30.3 Å². The summed E-state index contributed by atoms with van der Waals surface area (Å²) >= 11 is 1.23. The van der Waals surface area contributed by atoms with Crippen LogP contribution < -0.4 is 21.5 Å². The molecule has 0 unspecified atom stereocenters. The Morgan fingerprint density at radius 1 is 1.11 bits per heavy atom. The first-order valence-corrected chi connectivity index (χ1v) is 11.1. The molecule has 0 aliphatic carbocycles. The largest absolute Gasteiger partial charge is 0.368 e. The summed E-state index contributed by atoms with van der Waals surface area (Å²) in [6.45, 7) is 0.299. The van der Waals surface area contributed by atoms with E-state index in [0.29, 0.717) is 13.0 Å². The quantitative estimate of drug-likeness (QED) is 0.411. The molecule has 8 nitrogen and oxygen atoms in total. The van der Waals surface area contributed by atoms with Gasteiger partial charge in [-0.15, -0.1) is 0 Å². The second kappa shape index (κ2) is 10.3. The molecule has 6 N–H and O–H groups in total. The van der Waals surface area contributed by atoms with Gasteiger partial charge in [-0.1, -0.05) is 30.3 Å². The molecule has 1 heterocycles. The van der Waals surface area contributed by atoms with Crippen LogP contribution in [0, 0.1) is 0 Å². The fourth-order valence-corrected chi connectivity index (χ4v) is 4.83. The Kier molecular flexibility index (Phi) is 8.12. The van der Waals surface area contributed by atoms with Crippen molar-refractivity contribution in [1.29, 1.82) is 0 Å². The number of sulfonamides is 1. The fourth-order valence-electron chi connectivity index (χ4n) is 2.57. The van der Waals surface area contributed by atoms with Gasteiger partial charge in [0.25, 0.3) is 0 Å². The van der Waals surface area contributed by atoms with Crippen molar-refractivity contribution < 1.29 is 18.0 Å². The van der Waals surface area contributed by atoms with Gasteiger partial charge in [-0.05, 0) is 36.4 Å². The molecule has 1 aromatic heterocycles. The average Bonchev–Trinajstić information content (AvgIpc) is 3.21. The summed E-state index contributed by atoms with van der Waals surface area (Å²) in [5.41, 5.74) is 11.8. The lowest BCUT2D eigenvalue weighted by Gasteiger charge is -2.22. The van der Waals surface area contributed by atoms with E-state index in [4.69, 9.17) is 11.5 Å². The first-order valence-electron chi connectivity index (χ1n) is 8.71. The van der Waals surface area contributed by atoms with Crippen molar-refractivity contribution in [3.63, 3.8) is 0 Å². The van der Waals surface area contributed by atoms with Crippen LogP contribution in [0.25, 0.3) is 0 Å². The lowest BCUT2D eigenvalue weighted by Crippen LogP contribution is -2.53. The van der Waals surface area contributed by atoms with Crippen LogP contribution in [0.15, 0.2) is 52.1 Å². The van der Waals surface area contributed by atoms with Gasteiger partial charge in [0.05, 0.1) is 4.90 Å². The minimum Gasteiger partial charge on any atom is -0.368 e. The van der Waals surface area contributed by atoms with Crippen LogP contribution in [0.3, 0.4) is 0 Å². The zero-order chi connectivity index (χ0) is 20.6. The topological polar surface area (TPSA) is 144 Å². The van der Waals surface area contributed by atoms with Gasteiger partial charge >= 0.3 is 0 Å². The predicted molar refractivity (Wildman–Crippen MR) is 108 cm³/mol. The van der Waals surface area contributed by atoms with Gasteiger partial charge in [-0.3, -0.25) is 9.59 Å². The number of amides is 2. The summed E-state index contributed by atoms with van der Waals surface area (Å²) in [7, 11) is -3.86. The molecule has 0 saturated carbocycles. The molecule has 28 heavy (non-hydrogen) atoms. The number of benzene rings is 1. The molecule has 2 atom stereocenters. The molecular weight excluding hydrogens is 400 g/mol. The summed E-state index contributed by atoms with van der Waals surface area (Å²) < 4.78 is 27.3. The van der Waals surface area contributed by atoms with Crippen LogP contribution in [-0.4, -0.2) is 38.9 Å². The zero-order valence-corrected chi connectivity index (χ0v) is 16.8. The molecule has 0 spiro atoms. The molecule has 152 valence electrons. The lowest BCUT2D eigenvalue weighted by molar-refractivity contribution is -0.128. The van der Waals surface area contributed by atoms with Crippen molar-refractivity contribution in [1.82, 2.24) is 10.0 Å². The third-order valence-electron chi connectivity index (χ3n) is 4.06. The molecular formula is C18H24N4O4S2. The summed E-state index contributed by atoms with van der Waals surface area (Å²) in [5, 5.41) is 5.67. The maximum absolute atomic E-state index is 12.7. The van der Waals surface area contributed by atoms with Crippen molar-refractivity contribution in [2.45, 2.75) is 36.2 Å². The summed E-state index contributed by atoms with van der Waals surface area (Å²) in [5.74, 6) is -1.32. The zero-order valence-electron chi connectivity index (χ0n) is 15.2. The highest BCUT2D eigenvalue weighted by Gasteiger charge is 2.28. The van der Waals surface area contributed by atoms with Gasteiger partial charge in [0, 0.05) is 11.8 Å².